The Kier molecular flexibility index (Phi) is 27.6. The van der Waals surface area contributed by atoms with Gasteiger partial charge >= 0.3 is 0 Å². The predicted octanol–water partition coefficient (Wildman–Crippen LogP) is 1.35. The van der Waals surface area contributed by atoms with Crippen LogP contribution in [0.4, 0.5) is 0 Å². The molecular formula is C7H18Cl6N2O2. The number of morpholine rings is 1. The third-order valence-electron chi connectivity index (χ3n) is 2.21. The van der Waals surface area contributed by atoms with Crippen molar-refractivity contribution in [2.24, 2.45) is 0 Å². The summed E-state index contributed by atoms with van der Waals surface area (Å²) < 4.78 is 5.12. The zero-order valence-corrected chi connectivity index (χ0v) is 13.7. The third kappa shape index (κ3) is 8.01. The van der Waals surface area contributed by atoms with Crippen LogP contribution in [0.1, 0.15) is 0 Å². The summed E-state index contributed by atoms with van der Waals surface area (Å²) in [5.74, 6) is 0.141. The quantitative estimate of drug-likeness (QED) is 0.696. The van der Waals surface area contributed by atoms with Crippen molar-refractivity contribution in [3.8, 4) is 0 Å². The van der Waals surface area contributed by atoms with Gasteiger partial charge in [-0.25, -0.2) is 0 Å². The Balaban J connectivity index is -0.0000000800. The molecule has 0 bridgehead atoms. The van der Waals surface area contributed by atoms with Gasteiger partial charge in [0, 0.05) is 19.6 Å². The first-order chi connectivity index (χ1) is 5.38. The molecular weight excluding hydrogens is 357 g/mol. The maximum atomic E-state index is 11.2. The molecule has 2 aliphatic rings. The second-order valence-corrected chi connectivity index (χ2v) is 2.96. The standard InChI is InChI=1S/C7H12N2O2.6ClH/c10-7-5-11-4-6-3-8-1-2-9(6)7;;;;;;/h6,8H,1-5H2;6*1H. The van der Waals surface area contributed by atoms with E-state index in [1.807, 2.05) is 4.90 Å². The lowest BCUT2D eigenvalue weighted by molar-refractivity contribution is -0.149. The van der Waals surface area contributed by atoms with Crippen molar-refractivity contribution in [2.75, 3.05) is 32.8 Å². The minimum Gasteiger partial charge on any atom is -0.369 e. The average Bonchev–Trinajstić information content (AvgIpc) is 2.06. The molecule has 1 N–H and O–H groups in total. The Morgan fingerprint density at radius 2 is 1.71 bits per heavy atom. The summed E-state index contributed by atoms with van der Waals surface area (Å²) in [5.41, 5.74) is 0. The molecule has 110 valence electrons. The molecule has 2 fully saturated rings. The molecule has 1 amide bonds. The Morgan fingerprint density at radius 3 is 2.24 bits per heavy atom. The van der Waals surface area contributed by atoms with E-state index in [0.717, 1.165) is 19.6 Å². The lowest BCUT2D eigenvalue weighted by Crippen LogP contribution is -2.59. The number of hydrogen-bond acceptors (Lipinski definition) is 3. The largest absolute Gasteiger partial charge is 0.369 e. The van der Waals surface area contributed by atoms with Crippen molar-refractivity contribution in [3.63, 3.8) is 0 Å². The van der Waals surface area contributed by atoms with Crippen LogP contribution in [-0.2, 0) is 9.53 Å². The van der Waals surface area contributed by atoms with E-state index in [9.17, 15) is 4.79 Å². The molecule has 1 atom stereocenters. The predicted molar refractivity (Wildman–Crippen MR) is 82.7 cm³/mol. The highest BCUT2D eigenvalue weighted by molar-refractivity contribution is 5.86. The van der Waals surface area contributed by atoms with Crippen LogP contribution in [0.5, 0.6) is 0 Å². The van der Waals surface area contributed by atoms with Gasteiger partial charge in [-0.05, 0) is 0 Å². The fourth-order valence-corrected chi connectivity index (χ4v) is 1.60. The molecule has 0 saturated carbocycles. The van der Waals surface area contributed by atoms with E-state index in [2.05, 4.69) is 5.32 Å². The van der Waals surface area contributed by atoms with Gasteiger partial charge in [-0.2, -0.15) is 0 Å². The molecule has 0 spiro atoms. The summed E-state index contributed by atoms with van der Waals surface area (Å²) in [6, 6.07) is 0.282. The van der Waals surface area contributed by atoms with Crippen molar-refractivity contribution >= 4 is 80.3 Å². The van der Waals surface area contributed by atoms with E-state index in [-0.39, 0.29) is 93.0 Å². The molecule has 2 aliphatic heterocycles. The summed E-state index contributed by atoms with van der Waals surface area (Å²) >= 11 is 0. The second kappa shape index (κ2) is 15.2. The number of amides is 1. The van der Waals surface area contributed by atoms with Crippen molar-refractivity contribution in [2.45, 2.75) is 6.04 Å². The fraction of sp³-hybridized carbons (Fsp3) is 0.857. The molecule has 10 heteroatoms. The van der Waals surface area contributed by atoms with Crippen LogP contribution in [-0.4, -0.2) is 49.7 Å². The molecule has 0 radical (unpaired) electrons. The van der Waals surface area contributed by atoms with Crippen LogP contribution in [0.15, 0.2) is 0 Å². The topological polar surface area (TPSA) is 41.6 Å². The van der Waals surface area contributed by atoms with E-state index >= 15 is 0 Å². The second-order valence-electron chi connectivity index (χ2n) is 2.96. The Bertz CT molecular complexity index is 186. The minimum atomic E-state index is 0. The highest BCUT2D eigenvalue weighted by Gasteiger charge is 2.30. The van der Waals surface area contributed by atoms with Crippen molar-refractivity contribution in [1.29, 1.82) is 0 Å². The molecule has 0 aliphatic carbocycles. The van der Waals surface area contributed by atoms with Gasteiger partial charge in [-0.1, -0.05) is 0 Å². The highest BCUT2D eigenvalue weighted by Crippen LogP contribution is 2.09. The van der Waals surface area contributed by atoms with E-state index in [1.54, 1.807) is 0 Å². The van der Waals surface area contributed by atoms with Crippen molar-refractivity contribution in [1.82, 2.24) is 10.2 Å². The molecule has 0 aromatic rings. The number of hydrogen-bond donors (Lipinski definition) is 1. The van der Waals surface area contributed by atoms with E-state index in [4.69, 9.17) is 4.74 Å². The molecule has 0 aromatic heterocycles. The lowest BCUT2D eigenvalue weighted by atomic mass is 10.2. The van der Waals surface area contributed by atoms with Gasteiger partial charge in [0.1, 0.15) is 6.61 Å². The zero-order chi connectivity index (χ0) is 7.68. The first-order valence-corrected chi connectivity index (χ1v) is 3.96. The Morgan fingerprint density at radius 1 is 1.12 bits per heavy atom. The van der Waals surface area contributed by atoms with Gasteiger partial charge in [0.2, 0.25) is 5.91 Å². The molecule has 2 rings (SSSR count). The maximum Gasteiger partial charge on any atom is 0.248 e. The zero-order valence-electron chi connectivity index (χ0n) is 8.83. The molecule has 2 heterocycles. The number of nitrogens with zero attached hydrogens (tertiary/aromatic N) is 1. The summed E-state index contributed by atoms with van der Waals surface area (Å²) in [6.07, 6.45) is 0. The summed E-state index contributed by atoms with van der Waals surface area (Å²) in [4.78, 5) is 13.1. The number of halogens is 6. The van der Waals surface area contributed by atoms with Crippen molar-refractivity contribution in [3.05, 3.63) is 0 Å². The van der Waals surface area contributed by atoms with Crippen LogP contribution >= 0.6 is 74.4 Å². The van der Waals surface area contributed by atoms with Gasteiger partial charge in [-0.15, -0.1) is 74.4 Å². The monoisotopic (exact) mass is 372 g/mol. The molecule has 0 aromatic carbocycles. The van der Waals surface area contributed by atoms with Gasteiger partial charge in [-0.3, -0.25) is 4.79 Å². The first-order valence-electron chi connectivity index (χ1n) is 3.96. The third-order valence-corrected chi connectivity index (χ3v) is 2.21. The molecule has 4 nitrogen and oxygen atoms in total. The number of rotatable bonds is 0. The number of ether oxygens (including phenoxy) is 1. The summed E-state index contributed by atoms with van der Waals surface area (Å²) in [6.45, 7) is 3.61. The van der Waals surface area contributed by atoms with E-state index in [1.165, 1.54) is 0 Å². The average molecular weight is 375 g/mol. The van der Waals surface area contributed by atoms with Gasteiger partial charge in [0.05, 0.1) is 12.6 Å². The first kappa shape index (κ1) is 30.9. The number of carbonyl (C=O) groups excluding carboxylic acids is 1. The maximum absolute atomic E-state index is 11.2. The SMILES string of the molecule is Cl.Cl.Cl.Cl.Cl.Cl.O=C1COCC2CNCCN12. The number of piperazine rings is 1. The number of fused-ring (bicyclic) bond motifs is 1. The fourth-order valence-electron chi connectivity index (χ4n) is 1.60. The van der Waals surface area contributed by atoms with Crippen LogP contribution in [0.2, 0.25) is 0 Å². The van der Waals surface area contributed by atoms with Crippen LogP contribution in [0.25, 0.3) is 0 Å². The number of nitrogens with one attached hydrogen (secondary N) is 1. The van der Waals surface area contributed by atoms with Gasteiger partial charge < -0.3 is 15.0 Å². The van der Waals surface area contributed by atoms with E-state index < -0.39 is 0 Å². The minimum absolute atomic E-state index is 0. The van der Waals surface area contributed by atoms with Gasteiger partial charge in [0.15, 0.2) is 0 Å². The summed E-state index contributed by atoms with van der Waals surface area (Å²) in [5, 5.41) is 3.23. The number of carbonyl (C=O) groups is 1. The molecule has 1 unspecified atom stereocenters. The normalized spacial score (nSPS) is 20.6. The van der Waals surface area contributed by atoms with Crippen LogP contribution in [0.3, 0.4) is 0 Å². The van der Waals surface area contributed by atoms with Gasteiger partial charge in [0.25, 0.3) is 0 Å². The molecule has 17 heavy (non-hydrogen) atoms. The van der Waals surface area contributed by atoms with Crippen LogP contribution < -0.4 is 5.32 Å². The highest BCUT2D eigenvalue weighted by atomic mass is 35.5. The Hall–Kier alpha value is 1.13. The molecule has 2 saturated heterocycles. The summed E-state index contributed by atoms with van der Waals surface area (Å²) in [7, 11) is 0. The van der Waals surface area contributed by atoms with Crippen LogP contribution in [0, 0.1) is 0 Å². The van der Waals surface area contributed by atoms with E-state index in [0.29, 0.717) is 6.61 Å². The lowest BCUT2D eigenvalue weighted by Gasteiger charge is -2.39. The van der Waals surface area contributed by atoms with Crippen molar-refractivity contribution < 1.29 is 9.53 Å². The Labute approximate surface area is 138 Å². The smallest absolute Gasteiger partial charge is 0.248 e.